The van der Waals surface area contributed by atoms with Crippen LogP contribution in [0.25, 0.3) is 0 Å². The molecule has 0 aromatic carbocycles. The Morgan fingerprint density at radius 3 is 2.33 bits per heavy atom. The fourth-order valence-corrected chi connectivity index (χ4v) is 1.96. The zero-order valence-electron chi connectivity index (χ0n) is 10.4. The molecule has 1 fully saturated rings. The summed E-state index contributed by atoms with van der Waals surface area (Å²) in [5.41, 5.74) is 5.85. The Morgan fingerprint density at radius 1 is 1.20 bits per heavy atom. The summed E-state index contributed by atoms with van der Waals surface area (Å²) in [6.07, 6.45) is 4.08. The summed E-state index contributed by atoms with van der Waals surface area (Å²) in [5.74, 6) is 1.16. The second-order valence-electron chi connectivity index (χ2n) is 4.92. The summed E-state index contributed by atoms with van der Waals surface area (Å²) in [7, 11) is 0. The highest BCUT2D eigenvalue weighted by molar-refractivity contribution is 5.82. The minimum Gasteiger partial charge on any atom is -0.387 e. The van der Waals surface area contributed by atoms with Gasteiger partial charge in [-0.15, -0.1) is 0 Å². The largest absolute Gasteiger partial charge is 0.387 e. The molecule has 0 spiro atoms. The summed E-state index contributed by atoms with van der Waals surface area (Å²) < 4.78 is 0. The van der Waals surface area contributed by atoms with Gasteiger partial charge in [-0.2, -0.15) is 0 Å². The molecule has 0 radical (unpaired) electrons. The van der Waals surface area contributed by atoms with E-state index >= 15 is 0 Å². The lowest BCUT2D eigenvalue weighted by atomic mass is 10.1. The molecule has 0 amide bonds. The Hall–Kier alpha value is -0.570. The lowest BCUT2D eigenvalue weighted by Crippen LogP contribution is -2.35. The number of rotatable bonds is 4. The number of piperidine rings is 1. The van der Waals surface area contributed by atoms with Gasteiger partial charge in [0.15, 0.2) is 0 Å². The Morgan fingerprint density at radius 2 is 1.80 bits per heavy atom. The summed E-state index contributed by atoms with van der Waals surface area (Å²) in [6, 6.07) is 0.338. The zero-order chi connectivity index (χ0) is 11.3. The molecule has 2 N–H and O–H groups in total. The predicted octanol–water partition coefficient (Wildman–Crippen LogP) is 1.87. The molecule has 1 atom stereocenters. The van der Waals surface area contributed by atoms with Crippen LogP contribution in [0.3, 0.4) is 0 Å². The molecular formula is C12H25N3. The van der Waals surface area contributed by atoms with E-state index < -0.39 is 0 Å². The van der Waals surface area contributed by atoms with Crippen molar-refractivity contribution in [3.05, 3.63) is 0 Å². The third kappa shape index (κ3) is 4.65. The van der Waals surface area contributed by atoms with Crippen molar-refractivity contribution in [2.45, 2.75) is 46.1 Å². The highest BCUT2D eigenvalue weighted by Crippen LogP contribution is 2.09. The lowest BCUT2D eigenvalue weighted by Gasteiger charge is -2.28. The minimum atomic E-state index is 0.338. The van der Waals surface area contributed by atoms with Crippen molar-refractivity contribution in [3.63, 3.8) is 0 Å². The highest BCUT2D eigenvalue weighted by Gasteiger charge is 2.13. The number of hydrogen-bond donors (Lipinski definition) is 1. The summed E-state index contributed by atoms with van der Waals surface area (Å²) in [4.78, 5) is 7.03. The van der Waals surface area contributed by atoms with Crippen molar-refractivity contribution in [1.29, 1.82) is 0 Å². The van der Waals surface area contributed by atoms with Crippen molar-refractivity contribution in [1.82, 2.24) is 4.90 Å². The van der Waals surface area contributed by atoms with Gasteiger partial charge in [-0.3, -0.25) is 4.99 Å². The summed E-state index contributed by atoms with van der Waals surface area (Å²) >= 11 is 0. The molecule has 0 aliphatic carbocycles. The molecule has 1 rings (SSSR count). The van der Waals surface area contributed by atoms with Crippen molar-refractivity contribution < 1.29 is 0 Å². The second-order valence-corrected chi connectivity index (χ2v) is 4.92. The normalized spacial score (nSPS) is 22.0. The van der Waals surface area contributed by atoms with Crippen LogP contribution in [0.5, 0.6) is 0 Å². The first kappa shape index (κ1) is 12.5. The Balaban J connectivity index is 2.34. The second kappa shape index (κ2) is 6.11. The highest BCUT2D eigenvalue weighted by atomic mass is 15.1. The van der Waals surface area contributed by atoms with Crippen LogP contribution in [-0.4, -0.2) is 36.4 Å². The summed E-state index contributed by atoms with van der Waals surface area (Å²) in [5, 5.41) is 0. The molecule has 1 heterocycles. The molecule has 0 saturated carbocycles. The van der Waals surface area contributed by atoms with Crippen LogP contribution >= 0.6 is 0 Å². The molecule has 88 valence electrons. The standard InChI is InChI=1S/C12H25N3/c1-10(2)12(13)14-11(3)9-15-7-5-4-6-8-15/h10-11H,4-9H2,1-3H3,(H2,13,14). The maximum atomic E-state index is 5.85. The average Bonchev–Trinajstić information content (AvgIpc) is 2.18. The van der Waals surface area contributed by atoms with Gasteiger partial charge in [-0.1, -0.05) is 20.3 Å². The van der Waals surface area contributed by atoms with E-state index in [1.165, 1.54) is 32.4 Å². The number of hydrogen-bond acceptors (Lipinski definition) is 2. The smallest absolute Gasteiger partial charge is 0.0966 e. The van der Waals surface area contributed by atoms with Crippen molar-refractivity contribution in [2.75, 3.05) is 19.6 Å². The minimum absolute atomic E-state index is 0.338. The van der Waals surface area contributed by atoms with Gasteiger partial charge in [0.05, 0.1) is 11.9 Å². The van der Waals surface area contributed by atoms with Crippen LogP contribution in [0.2, 0.25) is 0 Å². The van der Waals surface area contributed by atoms with Crippen molar-refractivity contribution in [2.24, 2.45) is 16.6 Å². The van der Waals surface area contributed by atoms with Gasteiger partial charge in [0.25, 0.3) is 0 Å². The van der Waals surface area contributed by atoms with E-state index in [-0.39, 0.29) is 0 Å². The van der Waals surface area contributed by atoms with Crippen LogP contribution in [-0.2, 0) is 0 Å². The van der Waals surface area contributed by atoms with Crippen molar-refractivity contribution >= 4 is 5.84 Å². The first-order valence-corrected chi connectivity index (χ1v) is 6.15. The van der Waals surface area contributed by atoms with Gasteiger partial charge in [0.2, 0.25) is 0 Å². The van der Waals surface area contributed by atoms with E-state index in [9.17, 15) is 0 Å². The fraction of sp³-hybridized carbons (Fsp3) is 0.917. The van der Waals surface area contributed by atoms with Gasteiger partial charge < -0.3 is 10.6 Å². The first-order chi connectivity index (χ1) is 7.09. The number of nitrogens with two attached hydrogens (primary N) is 1. The molecule has 1 saturated heterocycles. The maximum absolute atomic E-state index is 5.85. The van der Waals surface area contributed by atoms with Crippen LogP contribution in [0.15, 0.2) is 4.99 Å². The van der Waals surface area contributed by atoms with E-state index in [2.05, 4.69) is 30.7 Å². The molecule has 0 aromatic heterocycles. The number of aliphatic imine (C=N–C) groups is 1. The zero-order valence-corrected chi connectivity index (χ0v) is 10.4. The molecule has 0 aromatic rings. The van der Waals surface area contributed by atoms with E-state index in [0.717, 1.165) is 12.4 Å². The van der Waals surface area contributed by atoms with Crippen LogP contribution < -0.4 is 5.73 Å². The van der Waals surface area contributed by atoms with E-state index in [1.807, 2.05) is 0 Å². The van der Waals surface area contributed by atoms with E-state index in [1.54, 1.807) is 0 Å². The quantitative estimate of drug-likeness (QED) is 0.570. The maximum Gasteiger partial charge on any atom is 0.0966 e. The predicted molar refractivity (Wildman–Crippen MR) is 66.2 cm³/mol. The third-order valence-electron chi connectivity index (χ3n) is 2.93. The Kier molecular flexibility index (Phi) is 5.09. The van der Waals surface area contributed by atoms with Gasteiger partial charge in [0, 0.05) is 12.5 Å². The molecular weight excluding hydrogens is 186 g/mol. The number of amidine groups is 1. The third-order valence-corrected chi connectivity index (χ3v) is 2.93. The Labute approximate surface area is 93.7 Å². The van der Waals surface area contributed by atoms with Crippen LogP contribution in [0.1, 0.15) is 40.0 Å². The molecule has 0 bridgehead atoms. The molecule has 1 aliphatic heterocycles. The van der Waals surface area contributed by atoms with Gasteiger partial charge in [-0.05, 0) is 32.9 Å². The summed E-state index contributed by atoms with van der Waals surface area (Å²) in [6.45, 7) is 9.87. The first-order valence-electron chi connectivity index (χ1n) is 6.15. The van der Waals surface area contributed by atoms with E-state index in [4.69, 9.17) is 5.73 Å². The number of nitrogens with zero attached hydrogens (tertiary/aromatic N) is 2. The average molecular weight is 211 g/mol. The Bertz CT molecular complexity index is 205. The lowest BCUT2D eigenvalue weighted by molar-refractivity contribution is 0.220. The topological polar surface area (TPSA) is 41.6 Å². The monoisotopic (exact) mass is 211 g/mol. The molecule has 3 heteroatoms. The van der Waals surface area contributed by atoms with Gasteiger partial charge >= 0.3 is 0 Å². The molecule has 1 unspecified atom stereocenters. The van der Waals surface area contributed by atoms with Gasteiger partial charge in [-0.25, -0.2) is 0 Å². The van der Waals surface area contributed by atoms with Gasteiger partial charge in [0.1, 0.15) is 0 Å². The molecule has 15 heavy (non-hydrogen) atoms. The van der Waals surface area contributed by atoms with Crippen molar-refractivity contribution in [3.8, 4) is 0 Å². The fourth-order valence-electron chi connectivity index (χ4n) is 1.96. The molecule has 3 nitrogen and oxygen atoms in total. The molecule has 1 aliphatic rings. The number of likely N-dealkylation sites (tertiary alicyclic amines) is 1. The van der Waals surface area contributed by atoms with E-state index in [0.29, 0.717) is 12.0 Å². The van der Waals surface area contributed by atoms with Crippen LogP contribution in [0.4, 0.5) is 0 Å². The SMILES string of the molecule is CC(CN1CCCCC1)N=C(N)C(C)C. The van der Waals surface area contributed by atoms with Crippen LogP contribution in [0, 0.1) is 5.92 Å².